The first kappa shape index (κ1) is 16.9. The van der Waals surface area contributed by atoms with Crippen molar-refractivity contribution in [2.75, 3.05) is 13.1 Å². The summed E-state index contributed by atoms with van der Waals surface area (Å²) in [5.74, 6) is -1.15. The summed E-state index contributed by atoms with van der Waals surface area (Å²) in [5.41, 5.74) is 0. The number of ether oxygens (including phenoxy) is 1. The number of carbonyl (C=O) groups is 2. The number of carboxylic acids is 1. The van der Waals surface area contributed by atoms with Crippen molar-refractivity contribution in [1.29, 1.82) is 0 Å². The quantitative estimate of drug-likeness (QED) is 0.910. The Labute approximate surface area is 138 Å². The molecule has 2 rings (SSSR count). The molecule has 0 aromatic heterocycles. The van der Waals surface area contributed by atoms with Gasteiger partial charge in [-0.15, -0.1) is 0 Å². The van der Waals surface area contributed by atoms with Crippen LogP contribution in [-0.4, -0.2) is 41.1 Å². The van der Waals surface area contributed by atoms with E-state index in [9.17, 15) is 9.59 Å². The minimum absolute atomic E-state index is 0.225. The highest BCUT2D eigenvalue weighted by Crippen LogP contribution is 2.27. The molecule has 1 aliphatic rings. The number of hydrogen-bond acceptors (Lipinski definition) is 3. The summed E-state index contributed by atoms with van der Waals surface area (Å²) in [6.07, 6.45) is 0.563. The Hall–Kier alpha value is -1.46. The van der Waals surface area contributed by atoms with Gasteiger partial charge in [-0.1, -0.05) is 23.2 Å². The van der Waals surface area contributed by atoms with Crippen LogP contribution in [0.1, 0.15) is 19.8 Å². The van der Waals surface area contributed by atoms with E-state index < -0.39 is 18.0 Å². The summed E-state index contributed by atoms with van der Waals surface area (Å²) >= 11 is 11.7. The molecular weight excluding hydrogens is 329 g/mol. The fourth-order valence-electron chi connectivity index (χ4n) is 2.44. The summed E-state index contributed by atoms with van der Waals surface area (Å²) in [7, 11) is 0. The molecule has 2 unspecified atom stereocenters. The van der Waals surface area contributed by atoms with Crippen LogP contribution >= 0.6 is 23.2 Å². The number of benzene rings is 1. The first-order chi connectivity index (χ1) is 10.4. The number of halogens is 2. The molecule has 1 amide bonds. The summed E-state index contributed by atoms with van der Waals surface area (Å²) in [6.45, 7) is 2.41. The van der Waals surface area contributed by atoms with Crippen LogP contribution in [0.15, 0.2) is 18.2 Å². The third-order valence-corrected chi connectivity index (χ3v) is 4.37. The van der Waals surface area contributed by atoms with E-state index in [1.54, 1.807) is 30.0 Å². The highest BCUT2D eigenvalue weighted by atomic mass is 35.5. The Bertz CT molecular complexity index is 579. The van der Waals surface area contributed by atoms with Crippen molar-refractivity contribution in [2.45, 2.75) is 25.9 Å². The van der Waals surface area contributed by atoms with E-state index in [4.69, 9.17) is 33.0 Å². The van der Waals surface area contributed by atoms with Gasteiger partial charge in [-0.05, 0) is 31.9 Å². The fourth-order valence-corrected chi connectivity index (χ4v) is 2.73. The molecule has 1 aromatic carbocycles. The second kappa shape index (κ2) is 7.20. The van der Waals surface area contributed by atoms with Crippen molar-refractivity contribution in [3.63, 3.8) is 0 Å². The topological polar surface area (TPSA) is 66.8 Å². The van der Waals surface area contributed by atoms with Crippen LogP contribution in [-0.2, 0) is 9.59 Å². The zero-order chi connectivity index (χ0) is 16.3. The minimum Gasteiger partial charge on any atom is -0.481 e. The fraction of sp³-hybridized carbons (Fsp3) is 0.467. The number of carboxylic acid groups (broad SMARTS) is 1. The molecule has 1 N–H and O–H groups in total. The molecule has 1 aliphatic heterocycles. The molecule has 7 heteroatoms. The lowest BCUT2D eigenvalue weighted by atomic mass is 9.98. The number of amides is 1. The predicted octanol–water partition coefficient (Wildman–Crippen LogP) is 3.08. The minimum atomic E-state index is -0.865. The van der Waals surface area contributed by atoms with Gasteiger partial charge in [-0.25, -0.2) is 0 Å². The van der Waals surface area contributed by atoms with Crippen LogP contribution in [0, 0.1) is 5.92 Å². The van der Waals surface area contributed by atoms with Gasteiger partial charge in [0, 0.05) is 19.2 Å². The van der Waals surface area contributed by atoms with Crippen molar-refractivity contribution >= 4 is 35.1 Å². The van der Waals surface area contributed by atoms with Gasteiger partial charge in [-0.3, -0.25) is 9.59 Å². The predicted molar refractivity (Wildman–Crippen MR) is 83.5 cm³/mol. The number of carbonyl (C=O) groups excluding carboxylic acids is 1. The van der Waals surface area contributed by atoms with Crippen molar-refractivity contribution in [3.05, 3.63) is 28.2 Å². The van der Waals surface area contributed by atoms with Crippen LogP contribution in [0.3, 0.4) is 0 Å². The van der Waals surface area contributed by atoms with Crippen LogP contribution in [0.2, 0.25) is 10.0 Å². The van der Waals surface area contributed by atoms with E-state index >= 15 is 0 Å². The van der Waals surface area contributed by atoms with Gasteiger partial charge in [0.2, 0.25) is 0 Å². The smallest absolute Gasteiger partial charge is 0.308 e. The Morgan fingerprint density at radius 2 is 2.09 bits per heavy atom. The van der Waals surface area contributed by atoms with Crippen LogP contribution in [0.4, 0.5) is 0 Å². The largest absolute Gasteiger partial charge is 0.481 e. The second-order valence-corrected chi connectivity index (χ2v) is 6.11. The monoisotopic (exact) mass is 345 g/mol. The molecule has 0 aliphatic carbocycles. The van der Waals surface area contributed by atoms with Gasteiger partial charge in [0.05, 0.1) is 16.0 Å². The summed E-state index contributed by atoms with van der Waals surface area (Å²) < 4.78 is 5.58. The zero-order valence-corrected chi connectivity index (χ0v) is 13.6. The van der Waals surface area contributed by atoms with Crippen LogP contribution in [0.5, 0.6) is 5.75 Å². The van der Waals surface area contributed by atoms with Gasteiger partial charge in [0.15, 0.2) is 6.10 Å². The number of piperidine rings is 1. The standard InChI is InChI=1S/C15H17Cl2NO4/c1-9(22-11-4-5-12(16)13(17)7-11)14(19)18-6-2-3-10(8-18)15(20)21/h4-5,7,9-10H,2-3,6,8H2,1H3,(H,20,21). The molecule has 0 saturated carbocycles. The molecule has 22 heavy (non-hydrogen) atoms. The Morgan fingerprint density at radius 1 is 1.36 bits per heavy atom. The highest BCUT2D eigenvalue weighted by Gasteiger charge is 2.30. The maximum atomic E-state index is 12.4. The molecule has 0 radical (unpaired) electrons. The summed E-state index contributed by atoms with van der Waals surface area (Å²) in [6, 6.07) is 4.77. The first-order valence-corrected chi connectivity index (χ1v) is 7.77. The lowest BCUT2D eigenvalue weighted by molar-refractivity contribution is -0.147. The molecule has 2 atom stereocenters. The lowest BCUT2D eigenvalue weighted by Crippen LogP contribution is -2.47. The molecular formula is C15H17Cl2NO4. The SMILES string of the molecule is CC(Oc1ccc(Cl)c(Cl)c1)C(=O)N1CCCC(C(=O)O)C1. The molecule has 1 aromatic rings. The average molecular weight is 346 g/mol. The van der Waals surface area contributed by atoms with Crippen molar-refractivity contribution in [3.8, 4) is 5.75 Å². The third kappa shape index (κ3) is 4.05. The van der Waals surface area contributed by atoms with Crippen LogP contribution < -0.4 is 4.74 Å². The first-order valence-electron chi connectivity index (χ1n) is 7.01. The van der Waals surface area contributed by atoms with E-state index in [0.29, 0.717) is 35.2 Å². The zero-order valence-electron chi connectivity index (χ0n) is 12.1. The van der Waals surface area contributed by atoms with E-state index in [1.165, 1.54) is 0 Å². The Balaban J connectivity index is 1.99. The molecule has 0 spiro atoms. The molecule has 1 saturated heterocycles. The van der Waals surface area contributed by atoms with E-state index in [1.807, 2.05) is 0 Å². The molecule has 5 nitrogen and oxygen atoms in total. The van der Waals surface area contributed by atoms with Crippen molar-refractivity contribution < 1.29 is 19.4 Å². The van der Waals surface area contributed by atoms with Crippen LogP contribution in [0.25, 0.3) is 0 Å². The number of hydrogen-bond donors (Lipinski definition) is 1. The average Bonchev–Trinajstić information content (AvgIpc) is 2.50. The molecule has 1 fully saturated rings. The van der Waals surface area contributed by atoms with E-state index in [-0.39, 0.29) is 12.5 Å². The van der Waals surface area contributed by atoms with Gasteiger partial charge in [-0.2, -0.15) is 0 Å². The summed E-state index contributed by atoms with van der Waals surface area (Å²) in [4.78, 5) is 25.0. The maximum Gasteiger partial charge on any atom is 0.308 e. The van der Waals surface area contributed by atoms with E-state index in [0.717, 1.165) is 0 Å². The Morgan fingerprint density at radius 3 is 2.73 bits per heavy atom. The number of likely N-dealkylation sites (tertiary alicyclic amines) is 1. The second-order valence-electron chi connectivity index (χ2n) is 5.30. The highest BCUT2D eigenvalue weighted by molar-refractivity contribution is 6.42. The Kier molecular flexibility index (Phi) is 5.53. The van der Waals surface area contributed by atoms with Crippen molar-refractivity contribution in [1.82, 2.24) is 4.90 Å². The van der Waals surface area contributed by atoms with Gasteiger partial charge in [0.25, 0.3) is 5.91 Å². The number of rotatable bonds is 4. The lowest BCUT2D eigenvalue weighted by Gasteiger charge is -2.32. The number of aliphatic carboxylic acids is 1. The third-order valence-electron chi connectivity index (χ3n) is 3.63. The van der Waals surface area contributed by atoms with Gasteiger partial charge < -0.3 is 14.7 Å². The molecule has 0 bridgehead atoms. The van der Waals surface area contributed by atoms with E-state index in [2.05, 4.69) is 0 Å². The molecule has 120 valence electrons. The summed E-state index contributed by atoms with van der Waals surface area (Å²) in [5, 5.41) is 9.83. The van der Waals surface area contributed by atoms with Crippen molar-refractivity contribution in [2.24, 2.45) is 5.92 Å². The molecule has 1 heterocycles. The number of nitrogens with zero attached hydrogens (tertiary/aromatic N) is 1. The normalized spacial score (nSPS) is 19.6. The maximum absolute atomic E-state index is 12.4. The van der Waals surface area contributed by atoms with Gasteiger partial charge >= 0.3 is 5.97 Å². The van der Waals surface area contributed by atoms with Gasteiger partial charge in [0.1, 0.15) is 5.75 Å².